The maximum atomic E-state index is 12.9. The molecule has 1 aliphatic rings. The van der Waals surface area contributed by atoms with Crippen LogP contribution < -0.4 is 5.32 Å². The summed E-state index contributed by atoms with van der Waals surface area (Å²) in [6.07, 6.45) is 2.46. The van der Waals surface area contributed by atoms with Crippen molar-refractivity contribution < 1.29 is 4.39 Å². The molecular weight excluding hydrogens is 197 g/mol. The van der Waals surface area contributed by atoms with Crippen molar-refractivity contribution in [1.82, 2.24) is 0 Å². The summed E-state index contributed by atoms with van der Waals surface area (Å²) in [5.74, 6) is 2.23. The van der Waals surface area contributed by atoms with Gasteiger partial charge in [0, 0.05) is 17.5 Å². The number of nitrogens with one attached hydrogen (secondary N) is 1. The number of rotatable bonds is 2. The number of hydrogen-bond acceptors (Lipinski definition) is 2. The lowest BCUT2D eigenvalue weighted by molar-refractivity contribution is 0.626. The van der Waals surface area contributed by atoms with Gasteiger partial charge in [0.15, 0.2) is 0 Å². The lowest BCUT2D eigenvalue weighted by Crippen LogP contribution is -2.25. The summed E-state index contributed by atoms with van der Waals surface area (Å²) in [6.45, 7) is 0. The number of halogens is 1. The molecule has 0 unspecified atom stereocenters. The fraction of sp³-hybridized carbons (Fsp3) is 0.455. The first kappa shape index (κ1) is 9.84. The standard InChI is InChI=1S/C11H14FNS/c12-9-3-1-4-10(7-9)13-11-5-2-6-14-8-11/h1,3-4,7,11,13H,2,5-6,8H2/t11-/m1/s1. The van der Waals surface area contributed by atoms with Gasteiger partial charge in [0.1, 0.15) is 5.82 Å². The van der Waals surface area contributed by atoms with Crippen LogP contribution in [0.2, 0.25) is 0 Å². The number of benzene rings is 1. The van der Waals surface area contributed by atoms with Gasteiger partial charge < -0.3 is 5.32 Å². The molecule has 1 heterocycles. The summed E-state index contributed by atoms with van der Waals surface area (Å²) in [7, 11) is 0. The van der Waals surface area contributed by atoms with E-state index < -0.39 is 0 Å². The minimum atomic E-state index is -0.168. The van der Waals surface area contributed by atoms with Gasteiger partial charge in [0.05, 0.1) is 0 Å². The Morgan fingerprint density at radius 1 is 1.43 bits per heavy atom. The smallest absolute Gasteiger partial charge is 0.125 e. The van der Waals surface area contributed by atoms with Gasteiger partial charge >= 0.3 is 0 Å². The maximum Gasteiger partial charge on any atom is 0.125 e. The third kappa shape index (κ3) is 2.64. The highest BCUT2D eigenvalue weighted by molar-refractivity contribution is 7.99. The fourth-order valence-electron chi connectivity index (χ4n) is 1.67. The van der Waals surface area contributed by atoms with E-state index in [2.05, 4.69) is 5.32 Å². The lowest BCUT2D eigenvalue weighted by Gasteiger charge is -2.23. The molecule has 0 spiro atoms. The topological polar surface area (TPSA) is 12.0 Å². The largest absolute Gasteiger partial charge is 0.381 e. The molecule has 76 valence electrons. The third-order valence-electron chi connectivity index (χ3n) is 2.36. The van der Waals surface area contributed by atoms with Crippen molar-refractivity contribution >= 4 is 17.4 Å². The molecule has 2 rings (SSSR count). The van der Waals surface area contributed by atoms with Crippen molar-refractivity contribution in [2.24, 2.45) is 0 Å². The van der Waals surface area contributed by atoms with E-state index in [0.717, 1.165) is 11.4 Å². The van der Waals surface area contributed by atoms with Crippen LogP contribution >= 0.6 is 11.8 Å². The van der Waals surface area contributed by atoms with Crippen molar-refractivity contribution in [2.75, 3.05) is 16.8 Å². The first-order chi connectivity index (χ1) is 6.84. The average Bonchev–Trinajstić information content (AvgIpc) is 2.19. The van der Waals surface area contributed by atoms with E-state index >= 15 is 0 Å². The summed E-state index contributed by atoms with van der Waals surface area (Å²) < 4.78 is 12.9. The summed E-state index contributed by atoms with van der Waals surface area (Å²) in [4.78, 5) is 0. The zero-order chi connectivity index (χ0) is 9.80. The summed E-state index contributed by atoms with van der Waals surface area (Å²) in [5.41, 5.74) is 0.900. The van der Waals surface area contributed by atoms with Gasteiger partial charge in [0.25, 0.3) is 0 Å². The van der Waals surface area contributed by atoms with Crippen LogP contribution in [0.3, 0.4) is 0 Å². The normalized spacial score (nSPS) is 21.9. The zero-order valence-electron chi connectivity index (χ0n) is 8.00. The highest BCUT2D eigenvalue weighted by Gasteiger charge is 2.12. The van der Waals surface area contributed by atoms with Crippen molar-refractivity contribution in [3.63, 3.8) is 0 Å². The van der Waals surface area contributed by atoms with E-state index in [-0.39, 0.29) is 5.82 Å². The molecule has 0 radical (unpaired) electrons. The van der Waals surface area contributed by atoms with Gasteiger partial charge in [-0.15, -0.1) is 0 Å². The molecule has 1 fully saturated rings. The zero-order valence-corrected chi connectivity index (χ0v) is 8.82. The molecule has 1 aromatic carbocycles. The van der Waals surface area contributed by atoms with Crippen LogP contribution in [0.25, 0.3) is 0 Å². The second-order valence-electron chi connectivity index (χ2n) is 3.57. The van der Waals surface area contributed by atoms with E-state index in [1.54, 1.807) is 12.1 Å². The Morgan fingerprint density at radius 3 is 3.07 bits per heavy atom. The molecule has 1 atom stereocenters. The maximum absolute atomic E-state index is 12.9. The monoisotopic (exact) mass is 211 g/mol. The number of thioether (sulfide) groups is 1. The Labute approximate surface area is 88.1 Å². The predicted molar refractivity (Wildman–Crippen MR) is 60.4 cm³/mol. The van der Waals surface area contributed by atoms with Gasteiger partial charge in [-0.1, -0.05) is 6.07 Å². The molecule has 3 heteroatoms. The first-order valence-corrected chi connectivity index (χ1v) is 6.10. The molecule has 1 saturated heterocycles. The molecule has 0 aromatic heterocycles. The minimum Gasteiger partial charge on any atom is -0.381 e. The van der Waals surface area contributed by atoms with Gasteiger partial charge in [-0.05, 0) is 36.8 Å². The van der Waals surface area contributed by atoms with Crippen molar-refractivity contribution in [3.05, 3.63) is 30.1 Å². The van der Waals surface area contributed by atoms with E-state index in [4.69, 9.17) is 0 Å². The van der Waals surface area contributed by atoms with Crippen LogP contribution in [-0.2, 0) is 0 Å². The van der Waals surface area contributed by atoms with E-state index in [1.807, 2.05) is 17.8 Å². The second kappa shape index (κ2) is 4.69. The van der Waals surface area contributed by atoms with Crippen molar-refractivity contribution in [3.8, 4) is 0 Å². The van der Waals surface area contributed by atoms with E-state index in [0.29, 0.717) is 6.04 Å². The molecule has 0 amide bonds. The molecule has 1 aromatic rings. The quantitative estimate of drug-likeness (QED) is 0.806. The lowest BCUT2D eigenvalue weighted by atomic mass is 10.1. The van der Waals surface area contributed by atoms with Gasteiger partial charge in [-0.3, -0.25) is 0 Å². The Balaban J connectivity index is 1.95. The van der Waals surface area contributed by atoms with E-state index in [9.17, 15) is 4.39 Å². The third-order valence-corrected chi connectivity index (χ3v) is 3.57. The molecule has 0 bridgehead atoms. The first-order valence-electron chi connectivity index (χ1n) is 4.94. The molecule has 14 heavy (non-hydrogen) atoms. The summed E-state index contributed by atoms with van der Waals surface area (Å²) in [6, 6.07) is 7.20. The Kier molecular flexibility index (Phi) is 3.30. The number of anilines is 1. The number of hydrogen-bond donors (Lipinski definition) is 1. The second-order valence-corrected chi connectivity index (χ2v) is 4.72. The average molecular weight is 211 g/mol. The molecule has 0 saturated carbocycles. The SMILES string of the molecule is Fc1cccc(N[C@@H]2CCCSC2)c1. The highest BCUT2D eigenvalue weighted by Crippen LogP contribution is 2.21. The van der Waals surface area contributed by atoms with Crippen molar-refractivity contribution in [2.45, 2.75) is 18.9 Å². The highest BCUT2D eigenvalue weighted by atomic mass is 32.2. The molecular formula is C11H14FNS. The predicted octanol–water partition coefficient (Wildman–Crippen LogP) is 3.13. The Bertz CT molecular complexity index is 297. The summed E-state index contributed by atoms with van der Waals surface area (Å²) >= 11 is 1.97. The Hall–Kier alpha value is -0.700. The van der Waals surface area contributed by atoms with Gasteiger partial charge in [-0.2, -0.15) is 11.8 Å². The van der Waals surface area contributed by atoms with Crippen molar-refractivity contribution in [1.29, 1.82) is 0 Å². The molecule has 1 N–H and O–H groups in total. The van der Waals surface area contributed by atoms with Gasteiger partial charge in [-0.25, -0.2) is 4.39 Å². The fourth-order valence-corrected chi connectivity index (χ4v) is 2.74. The molecule has 1 nitrogen and oxygen atoms in total. The van der Waals surface area contributed by atoms with Crippen LogP contribution in [0, 0.1) is 5.82 Å². The van der Waals surface area contributed by atoms with Crippen LogP contribution in [0.5, 0.6) is 0 Å². The Morgan fingerprint density at radius 2 is 2.36 bits per heavy atom. The van der Waals surface area contributed by atoms with Gasteiger partial charge in [0.2, 0.25) is 0 Å². The molecule has 0 aliphatic carbocycles. The summed E-state index contributed by atoms with van der Waals surface area (Å²) in [5, 5.41) is 3.36. The van der Waals surface area contributed by atoms with E-state index in [1.165, 1.54) is 24.7 Å². The molecule has 1 aliphatic heterocycles. The van der Waals surface area contributed by atoms with Crippen LogP contribution in [0.4, 0.5) is 10.1 Å². The van der Waals surface area contributed by atoms with Crippen LogP contribution in [0.15, 0.2) is 24.3 Å². The van der Waals surface area contributed by atoms with Crippen LogP contribution in [-0.4, -0.2) is 17.5 Å². The van der Waals surface area contributed by atoms with Crippen LogP contribution in [0.1, 0.15) is 12.8 Å². The minimum absolute atomic E-state index is 0.168.